The second kappa shape index (κ2) is 4.72. The van der Waals surface area contributed by atoms with Crippen molar-refractivity contribution in [1.29, 1.82) is 0 Å². The van der Waals surface area contributed by atoms with E-state index in [-0.39, 0.29) is 19.3 Å². The van der Waals surface area contributed by atoms with Gasteiger partial charge in [0, 0.05) is 25.2 Å². The Bertz CT molecular complexity index is 376. The SMILES string of the molecule is COCc1c(C(C)CO)ccc2c1OCO2. The van der Waals surface area contributed by atoms with Gasteiger partial charge in [0.15, 0.2) is 11.5 Å². The van der Waals surface area contributed by atoms with Crippen molar-refractivity contribution >= 4 is 0 Å². The van der Waals surface area contributed by atoms with Crippen molar-refractivity contribution in [2.45, 2.75) is 19.4 Å². The number of methoxy groups -OCH3 is 1. The van der Waals surface area contributed by atoms with Gasteiger partial charge in [-0.15, -0.1) is 0 Å². The second-order valence-electron chi connectivity index (χ2n) is 3.88. The number of aliphatic hydroxyl groups excluding tert-OH is 1. The molecule has 4 heteroatoms. The van der Waals surface area contributed by atoms with Crippen LogP contribution in [0.25, 0.3) is 0 Å². The topological polar surface area (TPSA) is 47.9 Å². The van der Waals surface area contributed by atoms with Gasteiger partial charge in [0.25, 0.3) is 0 Å². The highest BCUT2D eigenvalue weighted by atomic mass is 16.7. The van der Waals surface area contributed by atoms with Crippen molar-refractivity contribution in [3.63, 3.8) is 0 Å². The van der Waals surface area contributed by atoms with Crippen LogP contribution in [0.5, 0.6) is 11.5 Å². The summed E-state index contributed by atoms with van der Waals surface area (Å²) in [6.45, 7) is 2.79. The van der Waals surface area contributed by atoms with E-state index in [0.29, 0.717) is 6.61 Å². The van der Waals surface area contributed by atoms with Gasteiger partial charge >= 0.3 is 0 Å². The molecule has 0 radical (unpaired) electrons. The maximum Gasteiger partial charge on any atom is 0.231 e. The van der Waals surface area contributed by atoms with Crippen LogP contribution in [-0.2, 0) is 11.3 Å². The fourth-order valence-corrected chi connectivity index (χ4v) is 1.90. The smallest absolute Gasteiger partial charge is 0.231 e. The van der Waals surface area contributed by atoms with Gasteiger partial charge in [-0.2, -0.15) is 0 Å². The fourth-order valence-electron chi connectivity index (χ4n) is 1.90. The summed E-state index contributed by atoms with van der Waals surface area (Å²) in [6, 6.07) is 3.84. The summed E-state index contributed by atoms with van der Waals surface area (Å²) in [5.41, 5.74) is 2.02. The van der Waals surface area contributed by atoms with Crippen molar-refractivity contribution in [3.8, 4) is 11.5 Å². The molecule has 0 aliphatic carbocycles. The molecule has 0 amide bonds. The molecule has 1 aromatic carbocycles. The quantitative estimate of drug-likeness (QED) is 0.845. The highest BCUT2D eigenvalue weighted by molar-refractivity contribution is 5.52. The van der Waals surface area contributed by atoms with Crippen molar-refractivity contribution in [2.75, 3.05) is 20.5 Å². The van der Waals surface area contributed by atoms with E-state index < -0.39 is 0 Å². The molecule has 0 bridgehead atoms. The molecule has 0 fully saturated rings. The van der Waals surface area contributed by atoms with Crippen molar-refractivity contribution in [3.05, 3.63) is 23.3 Å². The lowest BCUT2D eigenvalue weighted by Crippen LogP contribution is -2.05. The summed E-state index contributed by atoms with van der Waals surface area (Å²) in [6.07, 6.45) is 0. The number of hydrogen-bond acceptors (Lipinski definition) is 4. The summed E-state index contributed by atoms with van der Waals surface area (Å²) in [5.74, 6) is 1.57. The van der Waals surface area contributed by atoms with Crippen LogP contribution in [-0.4, -0.2) is 25.6 Å². The molecule has 1 aliphatic heterocycles. The Morgan fingerprint density at radius 1 is 1.44 bits per heavy atom. The Labute approximate surface area is 94.8 Å². The maximum atomic E-state index is 9.22. The Morgan fingerprint density at radius 3 is 2.94 bits per heavy atom. The lowest BCUT2D eigenvalue weighted by molar-refractivity contribution is 0.162. The molecule has 2 rings (SSSR count). The van der Waals surface area contributed by atoms with Crippen LogP contribution in [0.1, 0.15) is 24.0 Å². The summed E-state index contributed by atoms with van der Waals surface area (Å²) >= 11 is 0. The number of aliphatic hydroxyl groups is 1. The van der Waals surface area contributed by atoms with E-state index >= 15 is 0 Å². The molecule has 4 nitrogen and oxygen atoms in total. The van der Waals surface area contributed by atoms with E-state index in [1.54, 1.807) is 7.11 Å². The van der Waals surface area contributed by atoms with Crippen LogP contribution >= 0.6 is 0 Å². The highest BCUT2D eigenvalue weighted by Gasteiger charge is 2.22. The number of ether oxygens (including phenoxy) is 3. The summed E-state index contributed by atoms with van der Waals surface area (Å²) < 4.78 is 15.9. The number of benzene rings is 1. The van der Waals surface area contributed by atoms with Crippen LogP contribution in [0.3, 0.4) is 0 Å². The number of rotatable bonds is 4. The van der Waals surface area contributed by atoms with Crippen molar-refractivity contribution < 1.29 is 19.3 Å². The molecule has 1 aromatic rings. The number of fused-ring (bicyclic) bond motifs is 1. The molecule has 0 spiro atoms. The monoisotopic (exact) mass is 224 g/mol. The molecule has 0 saturated heterocycles. The molecule has 1 unspecified atom stereocenters. The second-order valence-corrected chi connectivity index (χ2v) is 3.88. The minimum atomic E-state index is 0.0691. The van der Waals surface area contributed by atoms with Crippen molar-refractivity contribution in [1.82, 2.24) is 0 Å². The third-order valence-corrected chi connectivity index (χ3v) is 2.77. The van der Waals surface area contributed by atoms with Gasteiger partial charge in [-0.05, 0) is 11.6 Å². The fraction of sp³-hybridized carbons (Fsp3) is 0.500. The first-order valence-corrected chi connectivity index (χ1v) is 5.29. The lowest BCUT2D eigenvalue weighted by atomic mass is 9.95. The molecular weight excluding hydrogens is 208 g/mol. The normalized spacial score (nSPS) is 15.2. The third-order valence-electron chi connectivity index (χ3n) is 2.77. The predicted octanol–water partition coefficient (Wildman–Crippen LogP) is 1.66. The first-order chi connectivity index (χ1) is 7.77. The van der Waals surface area contributed by atoms with E-state index in [0.717, 1.165) is 22.6 Å². The molecule has 0 saturated carbocycles. The Kier molecular flexibility index (Phi) is 3.31. The van der Waals surface area contributed by atoms with Crippen molar-refractivity contribution in [2.24, 2.45) is 0 Å². The molecular formula is C12H16O4. The predicted molar refractivity (Wildman–Crippen MR) is 58.8 cm³/mol. The zero-order valence-corrected chi connectivity index (χ0v) is 9.53. The summed E-state index contributed by atoms with van der Waals surface area (Å²) in [7, 11) is 1.64. The standard InChI is InChI=1S/C12H16O4/c1-8(5-13)9-3-4-11-12(16-7-15-11)10(9)6-14-2/h3-4,8,13H,5-7H2,1-2H3. The zero-order valence-electron chi connectivity index (χ0n) is 9.53. The first-order valence-electron chi connectivity index (χ1n) is 5.29. The minimum absolute atomic E-state index is 0.0691. The third kappa shape index (κ3) is 1.86. The van der Waals surface area contributed by atoms with E-state index in [2.05, 4.69) is 0 Å². The van der Waals surface area contributed by atoms with Crippen LogP contribution in [0.2, 0.25) is 0 Å². The zero-order chi connectivity index (χ0) is 11.5. The van der Waals surface area contributed by atoms with Gasteiger partial charge < -0.3 is 19.3 Å². The van der Waals surface area contributed by atoms with E-state index in [1.807, 2.05) is 19.1 Å². The molecule has 88 valence electrons. The van der Waals surface area contributed by atoms with Crippen LogP contribution < -0.4 is 9.47 Å². The average molecular weight is 224 g/mol. The van der Waals surface area contributed by atoms with Crippen LogP contribution in [0.15, 0.2) is 12.1 Å². The molecule has 0 aromatic heterocycles. The Morgan fingerprint density at radius 2 is 2.25 bits per heavy atom. The van der Waals surface area contributed by atoms with Crippen LogP contribution in [0.4, 0.5) is 0 Å². The number of hydrogen-bond donors (Lipinski definition) is 1. The molecule has 16 heavy (non-hydrogen) atoms. The molecule has 1 heterocycles. The Hall–Kier alpha value is -1.26. The highest BCUT2D eigenvalue weighted by Crippen LogP contribution is 2.39. The summed E-state index contributed by atoms with van der Waals surface area (Å²) in [5, 5.41) is 9.22. The van der Waals surface area contributed by atoms with E-state index in [4.69, 9.17) is 14.2 Å². The summed E-state index contributed by atoms with van der Waals surface area (Å²) in [4.78, 5) is 0. The minimum Gasteiger partial charge on any atom is -0.454 e. The maximum absolute atomic E-state index is 9.22. The lowest BCUT2D eigenvalue weighted by Gasteiger charge is -2.15. The van der Waals surface area contributed by atoms with Crippen LogP contribution in [0, 0.1) is 0 Å². The van der Waals surface area contributed by atoms with Gasteiger partial charge in [0.05, 0.1) is 6.61 Å². The van der Waals surface area contributed by atoms with Gasteiger partial charge in [-0.3, -0.25) is 0 Å². The average Bonchev–Trinajstić information content (AvgIpc) is 2.77. The van der Waals surface area contributed by atoms with E-state index in [1.165, 1.54) is 0 Å². The van der Waals surface area contributed by atoms with E-state index in [9.17, 15) is 5.11 Å². The van der Waals surface area contributed by atoms with Gasteiger partial charge in [-0.25, -0.2) is 0 Å². The Balaban J connectivity index is 2.44. The molecule has 1 atom stereocenters. The molecule has 1 N–H and O–H groups in total. The first kappa shape index (κ1) is 11.2. The van der Waals surface area contributed by atoms with Gasteiger partial charge in [0.1, 0.15) is 0 Å². The van der Waals surface area contributed by atoms with Gasteiger partial charge in [-0.1, -0.05) is 13.0 Å². The van der Waals surface area contributed by atoms with Gasteiger partial charge in [0.2, 0.25) is 6.79 Å². The molecule has 1 aliphatic rings. The largest absolute Gasteiger partial charge is 0.454 e.